The minimum absolute atomic E-state index is 0.0235. The van der Waals surface area contributed by atoms with Crippen LogP contribution in [0.25, 0.3) is 0 Å². The van der Waals surface area contributed by atoms with Crippen LogP contribution in [0.1, 0.15) is 290 Å². The summed E-state index contributed by atoms with van der Waals surface area (Å²) in [6, 6.07) is 0. The summed E-state index contributed by atoms with van der Waals surface area (Å²) in [4.78, 5) is 35.8. The number of nitrogens with zero attached hydrogens (tertiary/aromatic N) is 1. The molecule has 0 saturated heterocycles. The molecule has 1 N–H and O–H groups in total. The molecule has 0 aliphatic carbocycles. The van der Waals surface area contributed by atoms with E-state index in [9.17, 15) is 19.0 Å². The number of quaternary nitrogens is 1. The Bertz CT molecular complexity index is 1770. The number of carbonyl (C=O) groups excluding carboxylic acids is 2. The second-order valence-corrected chi connectivity index (χ2v) is 25.3. The number of carbonyl (C=O) groups is 2. The van der Waals surface area contributed by atoms with Gasteiger partial charge in [0.2, 0.25) is 0 Å². The minimum atomic E-state index is -4.40. The molecule has 478 valence electrons. The molecule has 83 heavy (non-hydrogen) atoms. The van der Waals surface area contributed by atoms with Gasteiger partial charge in [0.25, 0.3) is 0 Å². The number of esters is 2. The van der Waals surface area contributed by atoms with E-state index in [4.69, 9.17) is 18.5 Å². The smallest absolute Gasteiger partial charge is 0.462 e. The molecule has 0 heterocycles. The van der Waals surface area contributed by atoms with Crippen molar-refractivity contribution in [3.05, 3.63) is 109 Å². The van der Waals surface area contributed by atoms with Crippen molar-refractivity contribution in [3.63, 3.8) is 0 Å². The first-order chi connectivity index (χ1) is 40.5. The molecule has 10 heteroatoms. The molecule has 9 nitrogen and oxygen atoms in total. The van der Waals surface area contributed by atoms with Crippen LogP contribution in [0.3, 0.4) is 0 Å². The Morgan fingerprint density at radius 2 is 0.687 bits per heavy atom. The number of likely N-dealkylation sites (N-methyl/N-ethyl adjacent to an activating group) is 1. The van der Waals surface area contributed by atoms with Gasteiger partial charge in [-0.15, -0.1) is 0 Å². The van der Waals surface area contributed by atoms with Crippen molar-refractivity contribution in [2.75, 3.05) is 47.5 Å². The Hall–Kier alpha value is -3.33. The van der Waals surface area contributed by atoms with E-state index in [2.05, 4.69) is 123 Å². The van der Waals surface area contributed by atoms with Gasteiger partial charge in [0, 0.05) is 12.8 Å². The van der Waals surface area contributed by atoms with Gasteiger partial charge in [-0.25, -0.2) is 4.57 Å². The molecule has 0 bridgehead atoms. The predicted octanol–water partition coefficient (Wildman–Crippen LogP) is 22.1. The van der Waals surface area contributed by atoms with Crippen LogP contribution >= 0.6 is 7.82 Å². The third-order valence-electron chi connectivity index (χ3n) is 14.6. The lowest BCUT2D eigenvalue weighted by Crippen LogP contribution is -2.37. The number of phosphoric ester groups is 1. The molecule has 0 aromatic carbocycles. The first kappa shape index (κ1) is 79.7. The summed E-state index contributed by atoms with van der Waals surface area (Å²) in [5, 5.41) is 0. The zero-order valence-electron chi connectivity index (χ0n) is 54.4. The Morgan fingerprint density at radius 3 is 1.02 bits per heavy atom. The topological polar surface area (TPSA) is 108 Å². The van der Waals surface area contributed by atoms with Gasteiger partial charge in [0.15, 0.2) is 6.10 Å². The van der Waals surface area contributed by atoms with E-state index in [1.54, 1.807) is 0 Å². The van der Waals surface area contributed by atoms with E-state index in [0.717, 1.165) is 109 Å². The summed E-state index contributed by atoms with van der Waals surface area (Å²) in [6.07, 6.45) is 89.0. The highest BCUT2D eigenvalue weighted by atomic mass is 31.2. The lowest BCUT2D eigenvalue weighted by atomic mass is 10.0. The third-order valence-corrected chi connectivity index (χ3v) is 15.6. The van der Waals surface area contributed by atoms with Crippen LogP contribution in [-0.4, -0.2) is 74.9 Å². The van der Waals surface area contributed by atoms with E-state index in [1.165, 1.54) is 148 Å². The molecule has 0 saturated carbocycles. The molecule has 0 aliphatic heterocycles. The predicted molar refractivity (Wildman–Crippen MR) is 358 cm³/mol. The van der Waals surface area contributed by atoms with E-state index < -0.39 is 26.5 Å². The van der Waals surface area contributed by atoms with Crippen molar-refractivity contribution < 1.29 is 42.1 Å². The number of hydrogen-bond donors (Lipinski definition) is 1. The van der Waals surface area contributed by atoms with Crippen LogP contribution in [0.2, 0.25) is 0 Å². The van der Waals surface area contributed by atoms with Crippen molar-refractivity contribution in [1.29, 1.82) is 0 Å². The quantitative estimate of drug-likeness (QED) is 0.0211. The van der Waals surface area contributed by atoms with Crippen molar-refractivity contribution in [1.82, 2.24) is 0 Å². The van der Waals surface area contributed by atoms with E-state index in [0.29, 0.717) is 17.4 Å². The summed E-state index contributed by atoms with van der Waals surface area (Å²) < 4.78 is 34.7. The average molecular weight is 1180 g/mol. The minimum Gasteiger partial charge on any atom is -0.462 e. The maximum atomic E-state index is 12.9. The Morgan fingerprint density at radius 1 is 0.386 bits per heavy atom. The van der Waals surface area contributed by atoms with Crippen molar-refractivity contribution in [2.45, 2.75) is 296 Å². The maximum Gasteiger partial charge on any atom is 0.472 e. The van der Waals surface area contributed by atoms with Crippen molar-refractivity contribution in [3.8, 4) is 0 Å². The molecule has 0 fully saturated rings. The Kier molecular flexibility index (Phi) is 60.6. The fraction of sp³-hybridized carbons (Fsp3) is 0.726. The van der Waals surface area contributed by atoms with Crippen LogP contribution in [0.15, 0.2) is 109 Å². The lowest BCUT2D eigenvalue weighted by molar-refractivity contribution is -0.870. The number of hydrogen-bond acceptors (Lipinski definition) is 7. The molecule has 0 aromatic rings. The van der Waals surface area contributed by atoms with Gasteiger partial charge in [-0.05, 0) is 83.5 Å². The summed E-state index contributed by atoms with van der Waals surface area (Å²) in [7, 11) is 1.46. The van der Waals surface area contributed by atoms with Crippen molar-refractivity contribution in [2.24, 2.45) is 0 Å². The largest absolute Gasteiger partial charge is 0.472 e. The highest BCUT2D eigenvalue weighted by Crippen LogP contribution is 2.43. The van der Waals surface area contributed by atoms with Crippen LogP contribution in [0.5, 0.6) is 0 Å². The van der Waals surface area contributed by atoms with Crippen LogP contribution in [0.4, 0.5) is 0 Å². The Balaban J connectivity index is 4.15. The molecule has 0 amide bonds. The molecule has 0 aromatic heterocycles. The molecular formula is C73H129NO8P+. The number of allylic oxidation sites excluding steroid dienone is 18. The zero-order valence-corrected chi connectivity index (χ0v) is 55.3. The first-order valence-electron chi connectivity index (χ1n) is 34.1. The summed E-state index contributed by atoms with van der Waals surface area (Å²) in [5.74, 6) is -0.815. The molecule has 2 atom stereocenters. The molecule has 0 spiro atoms. The van der Waals surface area contributed by atoms with Gasteiger partial charge in [-0.3, -0.25) is 18.6 Å². The molecule has 2 unspecified atom stereocenters. The van der Waals surface area contributed by atoms with Crippen LogP contribution in [0, 0.1) is 0 Å². The van der Waals surface area contributed by atoms with Gasteiger partial charge in [-0.1, -0.05) is 303 Å². The normalized spacial score (nSPS) is 13.9. The second kappa shape index (κ2) is 63.2. The fourth-order valence-corrected chi connectivity index (χ4v) is 10.1. The van der Waals surface area contributed by atoms with Gasteiger partial charge < -0.3 is 18.9 Å². The van der Waals surface area contributed by atoms with Crippen molar-refractivity contribution >= 4 is 19.8 Å². The van der Waals surface area contributed by atoms with E-state index >= 15 is 0 Å². The maximum absolute atomic E-state index is 12.9. The monoisotopic (exact) mass is 1180 g/mol. The zero-order chi connectivity index (χ0) is 60.5. The second-order valence-electron chi connectivity index (χ2n) is 23.8. The summed E-state index contributed by atoms with van der Waals surface area (Å²) in [5.41, 5.74) is 0. The highest BCUT2D eigenvalue weighted by molar-refractivity contribution is 7.47. The molecule has 0 rings (SSSR count). The average Bonchev–Trinajstić information content (AvgIpc) is 3.48. The molecule has 0 aliphatic rings. The number of rotatable bonds is 62. The molecular weight excluding hydrogens is 1050 g/mol. The fourth-order valence-electron chi connectivity index (χ4n) is 9.36. The standard InChI is InChI=1S/C73H128NO8P/c1-6-8-10-12-14-16-18-20-22-24-26-28-30-32-34-35-36-37-38-39-40-42-44-46-48-50-52-54-56-58-60-62-64-66-73(76)82-71(70-81-83(77,78)80-68-67-74(3,4)5)69-79-72(75)65-63-61-59-57-55-53-51-49-47-45-43-41-33-31-29-27-25-23-21-19-17-15-13-11-9-7-2/h8,10,14,16,20,22,26,28,32,34,36-37,39-40,44,46,50,52,71H,6-7,9,11-13,15,17-19,21,23-25,27,29-31,33,35,38,41-43,45,47-49,51,53-70H2,1-5H3/p+1/b10-8-,16-14-,22-20-,28-26-,34-32-,37-36-,40-39-,46-44-,52-50-. The summed E-state index contributed by atoms with van der Waals surface area (Å²) >= 11 is 0. The lowest BCUT2D eigenvalue weighted by Gasteiger charge is -2.24. The Labute approximate surface area is 512 Å². The van der Waals surface area contributed by atoms with Crippen LogP contribution < -0.4 is 0 Å². The molecule has 0 radical (unpaired) electrons. The number of ether oxygens (including phenoxy) is 2. The van der Waals surface area contributed by atoms with E-state index in [1.807, 2.05) is 21.1 Å². The number of phosphoric acid groups is 1. The van der Waals surface area contributed by atoms with Gasteiger partial charge in [0.05, 0.1) is 27.7 Å². The summed E-state index contributed by atoms with van der Waals surface area (Å²) in [6.45, 7) is 4.32. The van der Waals surface area contributed by atoms with Gasteiger partial charge >= 0.3 is 19.8 Å². The van der Waals surface area contributed by atoms with Crippen LogP contribution in [-0.2, 0) is 32.7 Å². The first-order valence-corrected chi connectivity index (χ1v) is 35.6. The van der Waals surface area contributed by atoms with Gasteiger partial charge in [0.1, 0.15) is 19.8 Å². The highest BCUT2D eigenvalue weighted by Gasteiger charge is 2.27. The van der Waals surface area contributed by atoms with Gasteiger partial charge in [-0.2, -0.15) is 0 Å². The number of unbranched alkanes of at least 4 members (excludes halogenated alkanes) is 30. The third kappa shape index (κ3) is 67.7. The SMILES string of the molecule is CC/C=C\C/C=C\C/C=C\C/C=C\C/C=C\C/C=C\C/C=C\C/C=C\C/C=C\CCCCCCCC(=O)OC(COC(=O)CCCCCCCCCCCCCCCCCCCCCCCCCCCC)COP(=O)(O)OCC[N+](C)(C)C. The van der Waals surface area contributed by atoms with E-state index in [-0.39, 0.29) is 32.0 Å².